The van der Waals surface area contributed by atoms with Crippen LogP contribution in [0.4, 0.5) is 0 Å². The van der Waals surface area contributed by atoms with Crippen LogP contribution < -0.4 is 0 Å². The van der Waals surface area contributed by atoms with E-state index in [1.165, 1.54) is 0 Å². The number of Topliss-reactive ketones (excluding diaryl/α,β-unsaturated/α-hetero) is 1. The molecular weight excluding hydrogens is 188 g/mol. The Morgan fingerprint density at radius 2 is 2.00 bits per heavy atom. The van der Waals surface area contributed by atoms with Gasteiger partial charge < -0.3 is 5.11 Å². The van der Waals surface area contributed by atoms with E-state index in [0.717, 1.165) is 12.0 Å². The number of ketones is 1. The lowest BCUT2D eigenvalue weighted by Crippen LogP contribution is -2.41. The summed E-state index contributed by atoms with van der Waals surface area (Å²) in [6.45, 7) is 1.83. The Hall–Kier alpha value is -1.15. The van der Waals surface area contributed by atoms with Gasteiger partial charge in [-0.3, -0.25) is 4.79 Å². The lowest BCUT2D eigenvalue weighted by atomic mass is 9.72. The van der Waals surface area contributed by atoms with Gasteiger partial charge in [0, 0.05) is 12.3 Å². The van der Waals surface area contributed by atoms with Crippen LogP contribution in [0, 0.1) is 5.92 Å². The number of carbonyl (C=O) groups excluding carboxylic acids is 1. The highest BCUT2D eigenvalue weighted by Gasteiger charge is 2.41. The quantitative estimate of drug-likeness (QED) is 0.762. The molecule has 0 aliphatic heterocycles. The zero-order chi connectivity index (χ0) is 10.9. The average Bonchev–Trinajstić information content (AvgIpc) is 2.27. The lowest BCUT2D eigenvalue weighted by Gasteiger charge is -2.37. The molecule has 0 bridgehead atoms. The van der Waals surface area contributed by atoms with E-state index in [1.54, 1.807) is 0 Å². The van der Waals surface area contributed by atoms with Gasteiger partial charge >= 0.3 is 0 Å². The molecule has 0 amide bonds. The van der Waals surface area contributed by atoms with E-state index >= 15 is 0 Å². The molecule has 1 fully saturated rings. The Balaban J connectivity index is 2.37. The Kier molecular flexibility index (Phi) is 2.61. The van der Waals surface area contributed by atoms with Gasteiger partial charge in [0.1, 0.15) is 5.78 Å². The molecule has 2 rings (SSSR count). The van der Waals surface area contributed by atoms with Gasteiger partial charge in [0.15, 0.2) is 0 Å². The van der Waals surface area contributed by atoms with E-state index in [9.17, 15) is 9.90 Å². The molecule has 2 unspecified atom stereocenters. The van der Waals surface area contributed by atoms with E-state index in [-0.39, 0.29) is 11.7 Å². The highest BCUT2D eigenvalue weighted by atomic mass is 16.3. The molecule has 1 aliphatic rings. The fourth-order valence-corrected chi connectivity index (χ4v) is 2.35. The highest BCUT2D eigenvalue weighted by molar-refractivity contribution is 5.83. The Morgan fingerprint density at radius 3 is 2.67 bits per heavy atom. The van der Waals surface area contributed by atoms with Gasteiger partial charge in [0.05, 0.1) is 5.60 Å². The van der Waals surface area contributed by atoms with Gasteiger partial charge in [-0.2, -0.15) is 0 Å². The second kappa shape index (κ2) is 3.78. The molecule has 1 aromatic rings. The number of carbonyl (C=O) groups is 1. The minimum Gasteiger partial charge on any atom is -0.384 e. The third-order valence-electron chi connectivity index (χ3n) is 3.45. The van der Waals surface area contributed by atoms with Crippen LogP contribution >= 0.6 is 0 Å². The van der Waals surface area contributed by atoms with Crippen molar-refractivity contribution in [2.75, 3.05) is 0 Å². The largest absolute Gasteiger partial charge is 0.384 e. The first kappa shape index (κ1) is 10.4. The van der Waals surface area contributed by atoms with Crippen LogP contribution in [0.3, 0.4) is 0 Å². The molecule has 1 N–H and O–H groups in total. The van der Waals surface area contributed by atoms with Crippen LogP contribution in [0.25, 0.3) is 0 Å². The van der Waals surface area contributed by atoms with Gasteiger partial charge in [-0.25, -0.2) is 0 Å². The van der Waals surface area contributed by atoms with E-state index in [1.807, 2.05) is 37.3 Å². The fourth-order valence-electron chi connectivity index (χ4n) is 2.35. The normalized spacial score (nSPS) is 31.6. The predicted molar refractivity (Wildman–Crippen MR) is 58.4 cm³/mol. The van der Waals surface area contributed by atoms with Gasteiger partial charge in [-0.05, 0) is 18.4 Å². The van der Waals surface area contributed by atoms with Gasteiger partial charge in [0.2, 0.25) is 0 Å². The summed E-state index contributed by atoms with van der Waals surface area (Å²) in [7, 11) is 0. The molecular formula is C13H16O2. The number of aliphatic hydroxyl groups is 1. The lowest BCUT2D eigenvalue weighted by molar-refractivity contribution is -0.138. The van der Waals surface area contributed by atoms with Crippen molar-refractivity contribution in [1.29, 1.82) is 0 Å². The Morgan fingerprint density at radius 1 is 1.33 bits per heavy atom. The molecule has 0 spiro atoms. The molecule has 0 radical (unpaired) electrons. The van der Waals surface area contributed by atoms with E-state index < -0.39 is 5.60 Å². The van der Waals surface area contributed by atoms with Gasteiger partial charge in [-0.15, -0.1) is 0 Å². The molecule has 0 saturated heterocycles. The topological polar surface area (TPSA) is 37.3 Å². The number of hydrogen-bond acceptors (Lipinski definition) is 2. The summed E-state index contributed by atoms with van der Waals surface area (Å²) >= 11 is 0. The number of rotatable bonds is 1. The van der Waals surface area contributed by atoms with Crippen molar-refractivity contribution in [3.63, 3.8) is 0 Å². The maximum atomic E-state index is 11.6. The first-order chi connectivity index (χ1) is 7.14. The number of benzene rings is 1. The van der Waals surface area contributed by atoms with Crippen LogP contribution in [-0.2, 0) is 10.4 Å². The molecule has 1 saturated carbocycles. The summed E-state index contributed by atoms with van der Waals surface area (Å²) in [5, 5.41) is 10.6. The van der Waals surface area contributed by atoms with Crippen molar-refractivity contribution in [2.45, 2.75) is 31.8 Å². The molecule has 0 heterocycles. The van der Waals surface area contributed by atoms with Crippen LogP contribution in [0.1, 0.15) is 31.7 Å². The predicted octanol–water partition coefficient (Wildman–Crippen LogP) is 2.26. The van der Waals surface area contributed by atoms with Crippen molar-refractivity contribution in [2.24, 2.45) is 5.92 Å². The zero-order valence-corrected chi connectivity index (χ0v) is 8.94. The van der Waals surface area contributed by atoms with Crippen molar-refractivity contribution >= 4 is 5.78 Å². The van der Waals surface area contributed by atoms with Crippen LogP contribution in [0.2, 0.25) is 0 Å². The molecule has 2 heteroatoms. The van der Waals surface area contributed by atoms with Gasteiger partial charge in [0.25, 0.3) is 0 Å². The Bertz CT molecular complexity index is 358. The summed E-state index contributed by atoms with van der Waals surface area (Å²) in [6.07, 6.45) is 2.08. The molecule has 80 valence electrons. The smallest absolute Gasteiger partial charge is 0.138 e. The monoisotopic (exact) mass is 204 g/mol. The SMILES string of the molecule is CC1C(=O)CCCC1(O)c1ccccc1. The average molecular weight is 204 g/mol. The second-order valence-corrected chi connectivity index (χ2v) is 4.33. The van der Waals surface area contributed by atoms with Crippen LogP contribution in [0.15, 0.2) is 30.3 Å². The van der Waals surface area contributed by atoms with Crippen molar-refractivity contribution in [3.8, 4) is 0 Å². The minimum absolute atomic E-state index is 0.174. The number of hydrogen-bond donors (Lipinski definition) is 1. The maximum absolute atomic E-state index is 11.6. The summed E-state index contributed by atoms with van der Waals surface area (Å²) in [6, 6.07) is 9.52. The molecule has 0 aromatic heterocycles. The van der Waals surface area contributed by atoms with Crippen molar-refractivity contribution in [3.05, 3.63) is 35.9 Å². The molecule has 2 atom stereocenters. The van der Waals surface area contributed by atoms with Crippen molar-refractivity contribution < 1.29 is 9.90 Å². The van der Waals surface area contributed by atoms with Crippen molar-refractivity contribution in [1.82, 2.24) is 0 Å². The van der Waals surface area contributed by atoms with Gasteiger partial charge in [-0.1, -0.05) is 37.3 Å². The highest BCUT2D eigenvalue weighted by Crippen LogP contribution is 2.39. The van der Waals surface area contributed by atoms with E-state index in [4.69, 9.17) is 0 Å². The van der Waals surface area contributed by atoms with Crippen LogP contribution in [-0.4, -0.2) is 10.9 Å². The third-order valence-corrected chi connectivity index (χ3v) is 3.45. The van der Waals surface area contributed by atoms with E-state index in [2.05, 4.69) is 0 Å². The first-order valence-corrected chi connectivity index (χ1v) is 5.45. The maximum Gasteiger partial charge on any atom is 0.138 e. The molecule has 1 aliphatic carbocycles. The van der Waals surface area contributed by atoms with Crippen LogP contribution in [0.5, 0.6) is 0 Å². The summed E-state index contributed by atoms with van der Waals surface area (Å²) in [5.74, 6) is -0.110. The second-order valence-electron chi connectivity index (χ2n) is 4.33. The zero-order valence-electron chi connectivity index (χ0n) is 8.94. The summed E-state index contributed by atoms with van der Waals surface area (Å²) in [5.41, 5.74) is -0.0816. The molecule has 15 heavy (non-hydrogen) atoms. The molecule has 1 aromatic carbocycles. The summed E-state index contributed by atoms with van der Waals surface area (Å²) in [4.78, 5) is 11.6. The van der Waals surface area contributed by atoms with E-state index in [0.29, 0.717) is 12.8 Å². The molecule has 2 nitrogen and oxygen atoms in total. The third kappa shape index (κ3) is 1.70. The first-order valence-electron chi connectivity index (χ1n) is 5.45. The standard InChI is InChI=1S/C13H16O2/c1-10-12(14)8-5-9-13(10,15)11-6-3-2-4-7-11/h2-4,6-7,10,15H,5,8-9H2,1H3. The fraction of sp³-hybridized carbons (Fsp3) is 0.462. The summed E-state index contributed by atoms with van der Waals surface area (Å²) < 4.78 is 0. The minimum atomic E-state index is -0.948. The Labute approximate surface area is 89.9 Å².